The van der Waals surface area contributed by atoms with E-state index in [2.05, 4.69) is 5.32 Å². The van der Waals surface area contributed by atoms with Gasteiger partial charge in [-0.3, -0.25) is 4.79 Å². The number of aliphatic carboxylic acids is 1. The van der Waals surface area contributed by atoms with Crippen LogP contribution in [-0.2, 0) is 4.79 Å². The normalized spacial score (nSPS) is 18.5. The van der Waals surface area contributed by atoms with Gasteiger partial charge in [0.05, 0.1) is 17.4 Å². The van der Waals surface area contributed by atoms with E-state index in [1.807, 2.05) is 13.0 Å². The molecule has 0 amide bonds. The summed E-state index contributed by atoms with van der Waals surface area (Å²) in [4.78, 5) is 11.8. The maximum absolute atomic E-state index is 10.8. The smallest absolute Gasteiger partial charge is 0.304 e. The van der Waals surface area contributed by atoms with E-state index >= 15 is 0 Å². The van der Waals surface area contributed by atoms with Crippen LogP contribution in [-0.4, -0.2) is 28.9 Å². The van der Waals surface area contributed by atoms with Gasteiger partial charge in [-0.1, -0.05) is 0 Å². The van der Waals surface area contributed by atoms with Crippen molar-refractivity contribution in [3.63, 3.8) is 0 Å². The third-order valence-electron chi connectivity index (χ3n) is 2.51. The van der Waals surface area contributed by atoms with E-state index in [4.69, 9.17) is 9.52 Å². The third kappa shape index (κ3) is 2.18. The van der Waals surface area contributed by atoms with E-state index in [1.54, 1.807) is 18.0 Å². The number of nitrogens with one attached hydrogen (secondary N) is 1. The predicted octanol–water partition coefficient (Wildman–Crippen LogP) is 1.50. The quantitative estimate of drug-likeness (QED) is 0.816. The third-order valence-corrected chi connectivity index (χ3v) is 4.01. The fourth-order valence-electron chi connectivity index (χ4n) is 1.63. The average Bonchev–Trinajstić information content (AvgIpc) is 2.47. The predicted molar refractivity (Wildman–Crippen MR) is 57.2 cm³/mol. The van der Waals surface area contributed by atoms with Gasteiger partial charge in [-0.05, 0) is 13.0 Å². The zero-order chi connectivity index (χ0) is 10.9. The summed E-state index contributed by atoms with van der Waals surface area (Å²) in [6.45, 7) is 3.38. The van der Waals surface area contributed by atoms with Gasteiger partial charge in [-0.25, -0.2) is 0 Å². The number of carboxylic acid groups (broad SMARTS) is 1. The number of carboxylic acids is 1. The molecular formula is C10H13NO3S. The van der Waals surface area contributed by atoms with Crippen LogP contribution in [0.15, 0.2) is 21.6 Å². The minimum Gasteiger partial charge on any atom is -0.481 e. The first-order valence-corrected chi connectivity index (χ1v) is 5.59. The Morgan fingerprint density at radius 3 is 2.87 bits per heavy atom. The average molecular weight is 227 g/mol. The number of aryl methyl sites for hydroxylation is 1. The molecule has 15 heavy (non-hydrogen) atoms. The summed E-state index contributed by atoms with van der Waals surface area (Å²) in [7, 11) is 0. The van der Waals surface area contributed by atoms with Crippen LogP contribution in [0.3, 0.4) is 0 Å². The molecule has 0 radical (unpaired) electrons. The van der Waals surface area contributed by atoms with Crippen molar-refractivity contribution in [3.05, 3.63) is 18.1 Å². The van der Waals surface area contributed by atoms with Gasteiger partial charge < -0.3 is 14.8 Å². The van der Waals surface area contributed by atoms with Gasteiger partial charge >= 0.3 is 5.97 Å². The first kappa shape index (κ1) is 10.6. The topological polar surface area (TPSA) is 62.5 Å². The summed E-state index contributed by atoms with van der Waals surface area (Å²) in [5.41, 5.74) is 0. The highest BCUT2D eigenvalue weighted by molar-refractivity contribution is 8.00. The molecule has 0 aliphatic carbocycles. The highest BCUT2D eigenvalue weighted by Gasteiger charge is 2.40. The lowest BCUT2D eigenvalue weighted by atomic mass is 9.98. The molecule has 0 spiro atoms. The minimum atomic E-state index is -0.745. The van der Waals surface area contributed by atoms with Crippen LogP contribution in [0.2, 0.25) is 0 Å². The van der Waals surface area contributed by atoms with Gasteiger partial charge in [0.15, 0.2) is 0 Å². The van der Waals surface area contributed by atoms with Crippen LogP contribution < -0.4 is 5.32 Å². The molecule has 0 bridgehead atoms. The summed E-state index contributed by atoms with van der Waals surface area (Å²) in [5, 5.41) is 12.0. The molecule has 1 saturated heterocycles. The molecule has 1 fully saturated rings. The SMILES string of the molecule is Cc1occc1SC1(CC(=O)O)CNC1. The molecule has 4 nitrogen and oxygen atoms in total. The monoisotopic (exact) mass is 227 g/mol. The maximum atomic E-state index is 10.8. The van der Waals surface area contributed by atoms with Crippen LogP contribution in [0, 0.1) is 6.92 Å². The fraction of sp³-hybridized carbons (Fsp3) is 0.500. The summed E-state index contributed by atoms with van der Waals surface area (Å²) in [5.74, 6) is 0.113. The zero-order valence-electron chi connectivity index (χ0n) is 8.45. The molecule has 2 heterocycles. The summed E-state index contributed by atoms with van der Waals surface area (Å²) in [6, 6.07) is 1.89. The van der Waals surface area contributed by atoms with Crippen molar-refractivity contribution < 1.29 is 14.3 Å². The van der Waals surface area contributed by atoms with Crippen LogP contribution in [0.25, 0.3) is 0 Å². The zero-order valence-corrected chi connectivity index (χ0v) is 9.26. The Balaban J connectivity index is 2.08. The first-order chi connectivity index (χ1) is 7.11. The van der Waals surface area contributed by atoms with E-state index in [-0.39, 0.29) is 11.2 Å². The lowest BCUT2D eigenvalue weighted by Gasteiger charge is -2.40. The van der Waals surface area contributed by atoms with Crippen LogP contribution in [0.1, 0.15) is 12.2 Å². The van der Waals surface area contributed by atoms with Crippen molar-refractivity contribution in [2.45, 2.75) is 23.0 Å². The second kappa shape index (κ2) is 3.90. The molecule has 0 saturated carbocycles. The molecule has 1 aliphatic rings. The number of hydrogen-bond acceptors (Lipinski definition) is 4. The molecule has 5 heteroatoms. The Kier molecular flexibility index (Phi) is 2.75. The van der Waals surface area contributed by atoms with Crippen molar-refractivity contribution in [2.75, 3.05) is 13.1 Å². The van der Waals surface area contributed by atoms with Crippen molar-refractivity contribution in [2.24, 2.45) is 0 Å². The standard InChI is InChI=1S/C10H13NO3S/c1-7-8(2-3-14-7)15-10(4-9(12)13)5-11-6-10/h2-3,11H,4-6H2,1H3,(H,12,13). The van der Waals surface area contributed by atoms with Crippen LogP contribution >= 0.6 is 11.8 Å². The largest absolute Gasteiger partial charge is 0.481 e. The Morgan fingerprint density at radius 2 is 2.47 bits per heavy atom. The Hall–Kier alpha value is -0.940. The number of thioether (sulfide) groups is 1. The van der Waals surface area contributed by atoms with E-state index in [9.17, 15) is 4.79 Å². The summed E-state index contributed by atoms with van der Waals surface area (Å²) in [6.07, 6.45) is 1.83. The van der Waals surface area contributed by atoms with Crippen molar-refractivity contribution in [1.29, 1.82) is 0 Å². The van der Waals surface area contributed by atoms with Gasteiger partial charge in [0.25, 0.3) is 0 Å². The molecule has 1 aromatic heterocycles. The minimum absolute atomic E-state index is 0.190. The number of carbonyl (C=O) groups is 1. The molecular weight excluding hydrogens is 214 g/mol. The number of hydrogen-bond donors (Lipinski definition) is 2. The maximum Gasteiger partial charge on any atom is 0.304 e. The molecule has 82 valence electrons. The molecule has 0 unspecified atom stereocenters. The van der Waals surface area contributed by atoms with E-state index in [0.29, 0.717) is 0 Å². The lowest BCUT2D eigenvalue weighted by Crippen LogP contribution is -2.57. The Bertz CT molecular complexity index is 370. The van der Waals surface area contributed by atoms with Gasteiger partial charge in [-0.15, -0.1) is 11.8 Å². The summed E-state index contributed by atoms with van der Waals surface area (Å²) >= 11 is 1.60. The summed E-state index contributed by atoms with van der Waals surface area (Å²) < 4.78 is 5.00. The Labute approximate surface area is 92.0 Å². The molecule has 1 aromatic rings. The van der Waals surface area contributed by atoms with Crippen molar-refractivity contribution >= 4 is 17.7 Å². The van der Waals surface area contributed by atoms with Gasteiger partial charge in [0.2, 0.25) is 0 Å². The highest BCUT2D eigenvalue weighted by atomic mass is 32.2. The molecule has 2 rings (SSSR count). The van der Waals surface area contributed by atoms with Crippen molar-refractivity contribution in [3.8, 4) is 0 Å². The van der Waals surface area contributed by atoms with E-state index < -0.39 is 5.97 Å². The highest BCUT2D eigenvalue weighted by Crippen LogP contribution is 2.40. The van der Waals surface area contributed by atoms with E-state index in [0.717, 1.165) is 23.7 Å². The van der Waals surface area contributed by atoms with Crippen LogP contribution in [0.5, 0.6) is 0 Å². The second-order valence-corrected chi connectivity index (χ2v) is 5.31. The molecule has 2 N–H and O–H groups in total. The van der Waals surface area contributed by atoms with E-state index in [1.165, 1.54) is 0 Å². The number of rotatable bonds is 4. The van der Waals surface area contributed by atoms with Gasteiger partial charge in [0.1, 0.15) is 5.76 Å². The Morgan fingerprint density at radius 1 is 1.73 bits per heavy atom. The fourth-order valence-corrected chi connectivity index (χ4v) is 2.95. The molecule has 0 atom stereocenters. The molecule has 1 aliphatic heterocycles. The van der Waals surface area contributed by atoms with Crippen molar-refractivity contribution in [1.82, 2.24) is 5.32 Å². The molecule has 0 aromatic carbocycles. The van der Waals surface area contributed by atoms with Gasteiger partial charge in [-0.2, -0.15) is 0 Å². The van der Waals surface area contributed by atoms with Crippen LogP contribution in [0.4, 0.5) is 0 Å². The lowest BCUT2D eigenvalue weighted by molar-refractivity contribution is -0.138. The van der Waals surface area contributed by atoms with Gasteiger partial charge in [0, 0.05) is 18.0 Å². The number of furan rings is 1. The second-order valence-electron chi connectivity index (χ2n) is 3.80. The first-order valence-electron chi connectivity index (χ1n) is 4.77.